The molecule has 2 N–H and O–H groups in total. The number of aryl methyl sites for hydroxylation is 1. The molecule has 1 aliphatic carbocycles. The van der Waals surface area contributed by atoms with Crippen molar-refractivity contribution in [2.24, 2.45) is 12.8 Å². The van der Waals surface area contributed by atoms with Gasteiger partial charge >= 0.3 is 0 Å². The molecule has 4 heteroatoms. The van der Waals surface area contributed by atoms with Gasteiger partial charge in [0.15, 0.2) is 5.82 Å². The Morgan fingerprint density at radius 1 is 1.47 bits per heavy atom. The molecule has 1 unspecified atom stereocenters. The summed E-state index contributed by atoms with van der Waals surface area (Å²) >= 11 is 0. The van der Waals surface area contributed by atoms with Gasteiger partial charge in [-0.2, -0.15) is 5.10 Å². The minimum Gasteiger partial charge on any atom is -0.328 e. The Labute approximate surface area is 90.9 Å². The third kappa shape index (κ3) is 2.37. The molecule has 0 aliphatic heterocycles. The summed E-state index contributed by atoms with van der Waals surface area (Å²) in [5.41, 5.74) is 5.75. The van der Waals surface area contributed by atoms with Crippen LogP contribution in [-0.2, 0) is 13.5 Å². The number of hydrogen-bond donors (Lipinski definition) is 1. The highest BCUT2D eigenvalue weighted by molar-refractivity contribution is 5.02. The van der Waals surface area contributed by atoms with Gasteiger partial charge in [-0.1, -0.05) is 12.8 Å². The molecule has 4 nitrogen and oxygen atoms in total. The standard InChI is InChI=1S/C11H20N4/c1-8(12)7-10-13-11(15(2)14-10)9-5-3-4-6-9/h8-9H,3-7,12H2,1-2H3. The SMILES string of the molecule is CC(N)Cc1nc(C2CCCC2)n(C)n1. The Hall–Kier alpha value is -0.900. The van der Waals surface area contributed by atoms with E-state index in [4.69, 9.17) is 5.73 Å². The van der Waals surface area contributed by atoms with Crippen molar-refractivity contribution in [1.82, 2.24) is 14.8 Å². The molecule has 1 heterocycles. The molecule has 0 amide bonds. The quantitative estimate of drug-likeness (QED) is 0.816. The van der Waals surface area contributed by atoms with E-state index in [1.54, 1.807) is 0 Å². The van der Waals surface area contributed by atoms with Gasteiger partial charge in [-0.25, -0.2) is 4.98 Å². The largest absolute Gasteiger partial charge is 0.328 e. The Kier molecular flexibility index (Phi) is 3.05. The summed E-state index contributed by atoms with van der Waals surface area (Å²) in [5, 5.41) is 4.42. The molecule has 1 saturated carbocycles. The van der Waals surface area contributed by atoms with Gasteiger partial charge in [-0.3, -0.25) is 4.68 Å². The number of nitrogens with two attached hydrogens (primary N) is 1. The van der Waals surface area contributed by atoms with E-state index >= 15 is 0 Å². The number of nitrogens with zero attached hydrogens (tertiary/aromatic N) is 3. The first kappa shape index (κ1) is 10.6. The third-order valence-corrected chi connectivity index (χ3v) is 3.07. The maximum Gasteiger partial charge on any atom is 0.152 e. The lowest BCUT2D eigenvalue weighted by Crippen LogP contribution is -2.18. The molecule has 0 saturated heterocycles. The van der Waals surface area contributed by atoms with E-state index in [2.05, 4.69) is 10.1 Å². The van der Waals surface area contributed by atoms with Crippen molar-refractivity contribution in [3.05, 3.63) is 11.6 Å². The number of aromatic nitrogens is 3. The predicted octanol–water partition coefficient (Wildman–Crippen LogP) is 1.36. The Bertz CT molecular complexity index is 323. The fraction of sp³-hybridized carbons (Fsp3) is 0.818. The molecule has 2 rings (SSSR count). The van der Waals surface area contributed by atoms with E-state index in [-0.39, 0.29) is 6.04 Å². The van der Waals surface area contributed by atoms with E-state index in [9.17, 15) is 0 Å². The van der Waals surface area contributed by atoms with Crippen molar-refractivity contribution in [2.45, 2.75) is 51.0 Å². The van der Waals surface area contributed by atoms with Crippen LogP contribution in [0.25, 0.3) is 0 Å². The van der Waals surface area contributed by atoms with E-state index in [1.807, 2.05) is 18.7 Å². The Balaban J connectivity index is 2.13. The molecule has 0 bridgehead atoms. The molecule has 1 atom stereocenters. The van der Waals surface area contributed by atoms with Crippen LogP contribution in [0.5, 0.6) is 0 Å². The molecule has 1 aliphatic rings. The highest BCUT2D eigenvalue weighted by Gasteiger charge is 2.22. The summed E-state index contributed by atoms with van der Waals surface area (Å²) in [4.78, 5) is 4.60. The first-order valence-electron chi connectivity index (χ1n) is 5.82. The van der Waals surface area contributed by atoms with Gasteiger partial charge in [0.1, 0.15) is 5.82 Å². The molecular weight excluding hydrogens is 188 g/mol. The highest BCUT2D eigenvalue weighted by atomic mass is 15.3. The van der Waals surface area contributed by atoms with E-state index in [1.165, 1.54) is 25.7 Å². The fourth-order valence-electron chi connectivity index (χ4n) is 2.37. The van der Waals surface area contributed by atoms with Crippen molar-refractivity contribution in [1.29, 1.82) is 0 Å². The van der Waals surface area contributed by atoms with Crippen molar-refractivity contribution >= 4 is 0 Å². The molecule has 0 radical (unpaired) electrons. The van der Waals surface area contributed by atoms with Gasteiger partial charge in [0.2, 0.25) is 0 Å². The Morgan fingerprint density at radius 3 is 2.73 bits per heavy atom. The van der Waals surface area contributed by atoms with Gasteiger partial charge < -0.3 is 5.73 Å². The summed E-state index contributed by atoms with van der Waals surface area (Å²) < 4.78 is 1.94. The maximum absolute atomic E-state index is 5.75. The van der Waals surface area contributed by atoms with Crippen LogP contribution in [0.15, 0.2) is 0 Å². The van der Waals surface area contributed by atoms with Gasteiger partial charge in [0.25, 0.3) is 0 Å². The van der Waals surface area contributed by atoms with Crippen LogP contribution in [0.1, 0.15) is 50.2 Å². The van der Waals surface area contributed by atoms with Gasteiger partial charge in [-0.15, -0.1) is 0 Å². The van der Waals surface area contributed by atoms with Crippen molar-refractivity contribution in [3.8, 4) is 0 Å². The molecule has 15 heavy (non-hydrogen) atoms. The van der Waals surface area contributed by atoms with Crippen molar-refractivity contribution in [2.75, 3.05) is 0 Å². The van der Waals surface area contributed by atoms with Gasteiger partial charge in [0.05, 0.1) is 0 Å². The lowest BCUT2D eigenvalue weighted by atomic mass is 10.1. The van der Waals surface area contributed by atoms with Crippen LogP contribution in [0.3, 0.4) is 0 Å². The average Bonchev–Trinajstić information content (AvgIpc) is 2.72. The number of rotatable bonds is 3. The second-order valence-corrected chi connectivity index (χ2v) is 4.67. The van der Waals surface area contributed by atoms with Crippen LogP contribution in [0.2, 0.25) is 0 Å². The first-order valence-corrected chi connectivity index (χ1v) is 5.82. The minimum atomic E-state index is 0.142. The van der Waals surface area contributed by atoms with Crippen LogP contribution >= 0.6 is 0 Å². The summed E-state index contributed by atoms with van der Waals surface area (Å²) in [7, 11) is 1.99. The van der Waals surface area contributed by atoms with E-state index in [0.29, 0.717) is 5.92 Å². The number of hydrogen-bond acceptors (Lipinski definition) is 3. The second-order valence-electron chi connectivity index (χ2n) is 4.67. The molecular formula is C11H20N4. The smallest absolute Gasteiger partial charge is 0.152 e. The van der Waals surface area contributed by atoms with Crippen molar-refractivity contribution < 1.29 is 0 Å². The average molecular weight is 208 g/mol. The minimum absolute atomic E-state index is 0.142. The summed E-state index contributed by atoms with van der Waals surface area (Å²) in [6.07, 6.45) is 5.98. The molecule has 0 spiro atoms. The van der Waals surface area contributed by atoms with E-state index in [0.717, 1.165) is 18.1 Å². The summed E-state index contributed by atoms with van der Waals surface area (Å²) in [6, 6.07) is 0.142. The summed E-state index contributed by atoms with van der Waals surface area (Å²) in [6.45, 7) is 1.99. The molecule has 1 fully saturated rings. The zero-order valence-electron chi connectivity index (χ0n) is 9.61. The normalized spacial score (nSPS) is 19.7. The zero-order valence-corrected chi connectivity index (χ0v) is 9.61. The maximum atomic E-state index is 5.75. The lowest BCUT2D eigenvalue weighted by Gasteiger charge is -2.06. The van der Waals surface area contributed by atoms with Gasteiger partial charge in [-0.05, 0) is 19.8 Å². The molecule has 0 aromatic carbocycles. The third-order valence-electron chi connectivity index (χ3n) is 3.07. The molecule has 1 aromatic rings. The summed E-state index contributed by atoms with van der Waals surface area (Å²) in [5.74, 6) is 2.68. The lowest BCUT2D eigenvalue weighted by molar-refractivity contribution is 0.600. The monoisotopic (exact) mass is 208 g/mol. The van der Waals surface area contributed by atoms with Crippen LogP contribution in [-0.4, -0.2) is 20.8 Å². The zero-order chi connectivity index (χ0) is 10.8. The van der Waals surface area contributed by atoms with Crippen LogP contribution < -0.4 is 5.73 Å². The first-order chi connectivity index (χ1) is 7.16. The molecule has 84 valence electrons. The van der Waals surface area contributed by atoms with Gasteiger partial charge in [0, 0.05) is 25.4 Å². The molecule has 1 aromatic heterocycles. The van der Waals surface area contributed by atoms with Crippen LogP contribution in [0.4, 0.5) is 0 Å². The Morgan fingerprint density at radius 2 is 2.13 bits per heavy atom. The topological polar surface area (TPSA) is 56.7 Å². The highest BCUT2D eigenvalue weighted by Crippen LogP contribution is 2.32. The van der Waals surface area contributed by atoms with Crippen LogP contribution in [0, 0.1) is 0 Å². The predicted molar refractivity (Wildman–Crippen MR) is 59.6 cm³/mol. The fourth-order valence-corrected chi connectivity index (χ4v) is 2.37. The van der Waals surface area contributed by atoms with E-state index < -0.39 is 0 Å². The second kappa shape index (κ2) is 4.31. The van der Waals surface area contributed by atoms with Crippen molar-refractivity contribution in [3.63, 3.8) is 0 Å².